The van der Waals surface area contributed by atoms with Crippen LogP contribution in [0.2, 0.25) is 0 Å². The Morgan fingerprint density at radius 3 is 2.52 bits per heavy atom. The molecule has 0 aromatic heterocycles. The van der Waals surface area contributed by atoms with Crippen LogP contribution in [0.5, 0.6) is 0 Å². The van der Waals surface area contributed by atoms with E-state index in [1.807, 2.05) is 13.8 Å². The molecule has 1 aromatic carbocycles. The highest BCUT2D eigenvalue weighted by molar-refractivity contribution is 5.96. The molecule has 114 valence electrons. The second-order valence-corrected chi connectivity index (χ2v) is 5.87. The van der Waals surface area contributed by atoms with Gasteiger partial charge in [0.05, 0.1) is 0 Å². The average molecular weight is 289 g/mol. The number of likely N-dealkylation sites (tertiary alicyclic amines) is 1. The minimum Gasteiger partial charge on any atom is -0.337 e. The fraction of sp³-hybridized carbons (Fsp3) is 0.500. The van der Waals surface area contributed by atoms with Crippen LogP contribution in [0.1, 0.15) is 37.0 Å². The molecule has 0 aliphatic carbocycles. The van der Waals surface area contributed by atoms with Gasteiger partial charge in [0.1, 0.15) is 0 Å². The highest BCUT2D eigenvalue weighted by atomic mass is 16.2. The molecule has 1 aliphatic heterocycles. The van der Waals surface area contributed by atoms with Gasteiger partial charge in [0.25, 0.3) is 5.91 Å². The normalized spacial score (nSPS) is 18.7. The maximum Gasteiger partial charge on any atom is 0.253 e. The summed E-state index contributed by atoms with van der Waals surface area (Å²) >= 11 is 0. The summed E-state index contributed by atoms with van der Waals surface area (Å²) < 4.78 is 0. The van der Waals surface area contributed by atoms with Crippen LogP contribution < -0.4 is 11.1 Å². The lowest BCUT2D eigenvalue weighted by Gasteiger charge is -2.30. The third-order valence-electron chi connectivity index (χ3n) is 3.67. The van der Waals surface area contributed by atoms with Crippen molar-refractivity contribution in [3.05, 3.63) is 29.8 Å². The van der Waals surface area contributed by atoms with Crippen LogP contribution in [-0.4, -0.2) is 35.8 Å². The summed E-state index contributed by atoms with van der Waals surface area (Å²) in [5, 5.41) is 2.81. The zero-order valence-corrected chi connectivity index (χ0v) is 12.6. The fourth-order valence-corrected chi connectivity index (χ4v) is 2.36. The zero-order chi connectivity index (χ0) is 15.4. The molecule has 2 amide bonds. The first-order valence-corrected chi connectivity index (χ1v) is 7.43. The molecule has 0 bridgehead atoms. The molecule has 0 saturated carbocycles. The number of carbonyl (C=O) groups is 2. The molecule has 1 fully saturated rings. The van der Waals surface area contributed by atoms with Crippen LogP contribution in [0.25, 0.3) is 0 Å². The van der Waals surface area contributed by atoms with E-state index in [0.29, 0.717) is 17.8 Å². The first-order valence-electron chi connectivity index (χ1n) is 7.43. The SMILES string of the molecule is CC(C)C(=O)Nc1ccc(C(=O)N2CCCC(N)C2)cc1. The van der Waals surface area contributed by atoms with Crippen molar-refractivity contribution in [1.29, 1.82) is 0 Å². The van der Waals surface area contributed by atoms with Crippen LogP contribution in [0.4, 0.5) is 5.69 Å². The standard InChI is InChI=1S/C16H23N3O2/c1-11(2)15(20)18-14-7-5-12(6-8-14)16(21)19-9-3-4-13(17)10-19/h5-8,11,13H,3-4,9-10,17H2,1-2H3,(H,18,20). The van der Waals surface area contributed by atoms with E-state index in [2.05, 4.69) is 5.32 Å². The molecule has 1 saturated heterocycles. The van der Waals surface area contributed by atoms with Crippen LogP contribution >= 0.6 is 0 Å². The van der Waals surface area contributed by atoms with Crippen molar-refractivity contribution in [2.24, 2.45) is 11.7 Å². The van der Waals surface area contributed by atoms with Crippen molar-refractivity contribution in [2.75, 3.05) is 18.4 Å². The Labute approximate surface area is 125 Å². The third kappa shape index (κ3) is 4.04. The Morgan fingerprint density at radius 1 is 1.29 bits per heavy atom. The van der Waals surface area contributed by atoms with Gasteiger partial charge in [-0.1, -0.05) is 13.8 Å². The predicted octanol–water partition coefficient (Wildman–Crippen LogP) is 1.84. The molecule has 1 unspecified atom stereocenters. The first-order chi connectivity index (χ1) is 9.97. The summed E-state index contributed by atoms with van der Waals surface area (Å²) in [7, 11) is 0. The van der Waals surface area contributed by atoms with Crippen molar-refractivity contribution in [3.8, 4) is 0 Å². The third-order valence-corrected chi connectivity index (χ3v) is 3.67. The summed E-state index contributed by atoms with van der Waals surface area (Å²) in [6.45, 7) is 5.06. The van der Waals surface area contributed by atoms with Crippen molar-refractivity contribution >= 4 is 17.5 Å². The number of nitrogens with zero attached hydrogens (tertiary/aromatic N) is 1. The lowest BCUT2D eigenvalue weighted by molar-refractivity contribution is -0.118. The molecule has 1 heterocycles. The number of carbonyl (C=O) groups excluding carboxylic acids is 2. The van der Waals surface area contributed by atoms with Gasteiger partial charge in [-0.25, -0.2) is 0 Å². The zero-order valence-electron chi connectivity index (χ0n) is 12.6. The Bertz CT molecular complexity index is 511. The number of nitrogens with one attached hydrogen (secondary N) is 1. The molecule has 1 aliphatic rings. The van der Waals surface area contributed by atoms with Gasteiger partial charge in [0, 0.05) is 36.3 Å². The number of anilines is 1. The van der Waals surface area contributed by atoms with E-state index in [1.165, 1.54) is 0 Å². The highest BCUT2D eigenvalue weighted by Gasteiger charge is 2.22. The average Bonchev–Trinajstić information content (AvgIpc) is 2.47. The molecule has 0 spiro atoms. The molecule has 2 rings (SSSR count). The van der Waals surface area contributed by atoms with Crippen molar-refractivity contribution in [1.82, 2.24) is 4.90 Å². The van der Waals surface area contributed by atoms with Gasteiger partial charge >= 0.3 is 0 Å². The molecule has 3 N–H and O–H groups in total. The fourth-order valence-electron chi connectivity index (χ4n) is 2.36. The largest absolute Gasteiger partial charge is 0.337 e. The Hall–Kier alpha value is -1.88. The molecule has 0 radical (unpaired) electrons. The summed E-state index contributed by atoms with van der Waals surface area (Å²) in [5.74, 6) is -0.0934. The van der Waals surface area contributed by atoms with Gasteiger partial charge in [-0.3, -0.25) is 9.59 Å². The Kier molecular flexibility index (Phi) is 4.96. The lowest BCUT2D eigenvalue weighted by atomic mass is 10.1. The van der Waals surface area contributed by atoms with E-state index in [4.69, 9.17) is 5.73 Å². The topological polar surface area (TPSA) is 75.4 Å². The number of amides is 2. The smallest absolute Gasteiger partial charge is 0.253 e. The number of benzene rings is 1. The van der Waals surface area contributed by atoms with Crippen LogP contribution in [-0.2, 0) is 4.79 Å². The summed E-state index contributed by atoms with van der Waals surface area (Å²) in [5.41, 5.74) is 7.25. The summed E-state index contributed by atoms with van der Waals surface area (Å²) in [4.78, 5) is 25.8. The van der Waals surface area contributed by atoms with Crippen molar-refractivity contribution < 1.29 is 9.59 Å². The number of piperidine rings is 1. The van der Waals surface area contributed by atoms with E-state index in [0.717, 1.165) is 19.4 Å². The molecule has 5 nitrogen and oxygen atoms in total. The van der Waals surface area contributed by atoms with Gasteiger partial charge in [-0.05, 0) is 37.1 Å². The second kappa shape index (κ2) is 6.72. The van der Waals surface area contributed by atoms with Crippen LogP contribution in [0, 0.1) is 5.92 Å². The van der Waals surface area contributed by atoms with E-state index >= 15 is 0 Å². The molecular weight excluding hydrogens is 266 g/mol. The highest BCUT2D eigenvalue weighted by Crippen LogP contribution is 2.15. The van der Waals surface area contributed by atoms with E-state index in [9.17, 15) is 9.59 Å². The molecular formula is C16H23N3O2. The van der Waals surface area contributed by atoms with Gasteiger partial charge in [0.2, 0.25) is 5.91 Å². The Balaban J connectivity index is 2.01. The quantitative estimate of drug-likeness (QED) is 0.891. The molecule has 21 heavy (non-hydrogen) atoms. The van der Waals surface area contributed by atoms with E-state index < -0.39 is 0 Å². The van der Waals surface area contributed by atoms with Gasteiger partial charge in [-0.2, -0.15) is 0 Å². The van der Waals surface area contributed by atoms with Crippen molar-refractivity contribution in [3.63, 3.8) is 0 Å². The van der Waals surface area contributed by atoms with Gasteiger partial charge < -0.3 is 16.0 Å². The van der Waals surface area contributed by atoms with E-state index in [-0.39, 0.29) is 23.8 Å². The molecule has 1 atom stereocenters. The van der Waals surface area contributed by atoms with Gasteiger partial charge in [0.15, 0.2) is 0 Å². The number of hydrogen-bond donors (Lipinski definition) is 2. The van der Waals surface area contributed by atoms with Gasteiger partial charge in [-0.15, -0.1) is 0 Å². The molecule has 1 aromatic rings. The van der Waals surface area contributed by atoms with E-state index in [1.54, 1.807) is 29.2 Å². The second-order valence-electron chi connectivity index (χ2n) is 5.87. The predicted molar refractivity (Wildman–Crippen MR) is 83.0 cm³/mol. The van der Waals surface area contributed by atoms with Crippen LogP contribution in [0.15, 0.2) is 24.3 Å². The Morgan fingerprint density at radius 2 is 1.95 bits per heavy atom. The maximum atomic E-state index is 12.4. The minimum absolute atomic E-state index is 0.00638. The first kappa shape index (κ1) is 15.5. The minimum atomic E-state index is -0.0684. The lowest BCUT2D eigenvalue weighted by Crippen LogP contribution is -2.45. The summed E-state index contributed by atoms with van der Waals surface area (Å²) in [6, 6.07) is 7.10. The number of hydrogen-bond acceptors (Lipinski definition) is 3. The number of rotatable bonds is 3. The van der Waals surface area contributed by atoms with Crippen molar-refractivity contribution in [2.45, 2.75) is 32.7 Å². The molecule has 5 heteroatoms. The number of nitrogens with two attached hydrogens (primary N) is 1. The maximum absolute atomic E-state index is 12.4. The van der Waals surface area contributed by atoms with Crippen LogP contribution in [0.3, 0.4) is 0 Å². The summed E-state index contributed by atoms with van der Waals surface area (Å²) in [6.07, 6.45) is 1.93. The monoisotopic (exact) mass is 289 g/mol.